The van der Waals surface area contributed by atoms with Crippen molar-refractivity contribution >= 4 is 40.6 Å². The summed E-state index contributed by atoms with van der Waals surface area (Å²) in [5.41, 5.74) is 6.16. The van der Waals surface area contributed by atoms with Crippen molar-refractivity contribution in [3.05, 3.63) is 83.4 Å². The fourth-order valence-electron chi connectivity index (χ4n) is 5.74. The zero-order chi connectivity index (χ0) is 30.9. The maximum Gasteiger partial charge on any atom is 0.319 e. The maximum absolute atomic E-state index is 13.8. The Bertz CT molecular complexity index is 1410. The molecule has 0 spiro atoms. The van der Waals surface area contributed by atoms with Crippen LogP contribution >= 0.6 is 0 Å². The number of urea groups is 1. The van der Waals surface area contributed by atoms with E-state index in [1.54, 1.807) is 16.8 Å². The summed E-state index contributed by atoms with van der Waals surface area (Å²) in [5, 5.41) is 5.58. The molecule has 0 aliphatic heterocycles. The molecule has 8 heteroatoms. The molecule has 0 atom stereocenters. The molecule has 43 heavy (non-hydrogen) atoms. The molecule has 0 aromatic heterocycles. The van der Waals surface area contributed by atoms with Gasteiger partial charge in [-0.1, -0.05) is 49.6 Å². The number of anilines is 4. The van der Waals surface area contributed by atoms with Crippen molar-refractivity contribution in [2.45, 2.75) is 52.4 Å². The Kier molecular flexibility index (Phi) is 10.8. The average molecular weight is 584 g/mol. The molecule has 0 unspecified atom stereocenters. The molecule has 4 amide bonds. The summed E-state index contributed by atoms with van der Waals surface area (Å²) in [7, 11) is 5.67. The number of rotatable bonds is 10. The van der Waals surface area contributed by atoms with Gasteiger partial charge in [-0.15, -0.1) is 0 Å². The molecule has 2 N–H and O–H groups in total. The van der Waals surface area contributed by atoms with Crippen molar-refractivity contribution in [2.75, 3.05) is 54.2 Å². The summed E-state index contributed by atoms with van der Waals surface area (Å²) < 4.78 is 0. The van der Waals surface area contributed by atoms with Gasteiger partial charge in [0.1, 0.15) is 0 Å². The molecule has 8 nitrogen and oxygen atoms in total. The van der Waals surface area contributed by atoms with Crippen molar-refractivity contribution < 1.29 is 14.4 Å². The first kappa shape index (κ1) is 31.6. The largest absolute Gasteiger partial charge is 0.378 e. The molecule has 4 rings (SSSR count). The summed E-state index contributed by atoms with van der Waals surface area (Å²) in [5.74, 6) is 0.118. The van der Waals surface area contributed by atoms with Gasteiger partial charge < -0.3 is 25.3 Å². The van der Waals surface area contributed by atoms with E-state index in [0.29, 0.717) is 18.2 Å². The highest BCUT2D eigenvalue weighted by Crippen LogP contribution is 2.29. The van der Waals surface area contributed by atoms with Crippen molar-refractivity contribution in [2.24, 2.45) is 5.92 Å². The van der Waals surface area contributed by atoms with Crippen LogP contribution in [0.3, 0.4) is 0 Å². The number of likely N-dealkylation sites (N-methyl/N-ethyl adjacent to an activating group) is 1. The van der Waals surface area contributed by atoms with Crippen LogP contribution in [0.15, 0.2) is 66.7 Å². The molecule has 1 fully saturated rings. The van der Waals surface area contributed by atoms with E-state index in [9.17, 15) is 14.4 Å². The van der Waals surface area contributed by atoms with Crippen LogP contribution in [0.4, 0.5) is 27.5 Å². The molecular weight excluding hydrogens is 538 g/mol. The second-order valence-corrected chi connectivity index (χ2v) is 11.9. The van der Waals surface area contributed by atoms with E-state index in [-0.39, 0.29) is 24.8 Å². The van der Waals surface area contributed by atoms with Crippen LogP contribution < -0.4 is 25.3 Å². The third-order valence-electron chi connectivity index (χ3n) is 8.08. The Labute approximate surface area is 256 Å². The van der Waals surface area contributed by atoms with Gasteiger partial charge in [-0.05, 0) is 85.7 Å². The number of benzene rings is 3. The minimum absolute atomic E-state index is 0.0556. The first-order chi connectivity index (χ1) is 20.6. The van der Waals surface area contributed by atoms with E-state index in [0.717, 1.165) is 59.4 Å². The van der Waals surface area contributed by atoms with Crippen LogP contribution in [0.25, 0.3) is 0 Å². The van der Waals surface area contributed by atoms with Crippen molar-refractivity contribution in [1.29, 1.82) is 0 Å². The normalized spacial score (nSPS) is 13.2. The molecule has 0 heterocycles. The number of hydrogen-bond donors (Lipinski definition) is 2. The maximum atomic E-state index is 13.8. The van der Waals surface area contributed by atoms with Gasteiger partial charge >= 0.3 is 6.03 Å². The number of carbonyl (C=O) groups excluding carboxylic acids is 3. The molecule has 0 saturated heterocycles. The van der Waals surface area contributed by atoms with Crippen LogP contribution in [-0.4, -0.2) is 52.1 Å². The predicted molar refractivity (Wildman–Crippen MR) is 176 cm³/mol. The van der Waals surface area contributed by atoms with Gasteiger partial charge in [0.25, 0.3) is 0 Å². The fraction of sp³-hybridized carbons (Fsp3) is 0.400. The zero-order valence-electron chi connectivity index (χ0n) is 26.2. The lowest BCUT2D eigenvalue weighted by Gasteiger charge is -2.31. The Balaban J connectivity index is 1.50. The van der Waals surface area contributed by atoms with Crippen molar-refractivity contribution in [3.63, 3.8) is 0 Å². The van der Waals surface area contributed by atoms with Crippen LogP contribution in [0.5, 0.6) is 0 Å². The smallest absolute Gasteiger partial charge is 0.319 e. The molecule has 3 aromatic rings. The summed E-state index contributed by atoms with van der Waals surface area (Å²) in [6.45, 7) is 4.45. The fourth-order valence-corrected chi connectivity index (χ4v) is 5.74. The van der Waals surface area contributed by atoms with Crippen LogP contribution in [-0.2, 0) is 16.0 Å². The van der Waals surface area contributed by atoms with Crippen LogP contribution in [0.1, 0.15) is 48.8 Å². The lowest BCUT2D eigenvalue weighted by Crippen LogP contribution is -2.44. The van der Waals surface area contributed by atoms with E-state index in [1.807, 2.05) is 93.5 Å². The summed E-state index contributed by atoms with van der Waals surface area (Å²) in [4.78, 5) is 45.4. The second-order valence-electron chi connectivity index (χ2n) is 11.9. The highest BCUT2D eigenvalue weighted by Gasteiger charge is 2.25. The van der Waals surface area contributed by atoms with E-state index in [2.05, 4.69) is 16.7 Å². The summed E-state index contributed by atoms with van der Waals surface area (Å²) >= 11 is 0. The van der Waals surface area contributed by atoms with Crippen molar-refractivity contribution in [1.82, 2.24) is 5.32 Å². The lowest BCUT2D eigenvalue weighted by molar-refractivity contribution is -0.118. The van der Waals surface area contributed by atoms with Gasteiger partial charge in [-0.3, -0.25) is 9.59 Å². The SMILES string of the molecule is Cc1cc(C)cc(N(C)C(=O)Cc2ccccc2N(CC2CCCCC2)C(=O)CNC(=O)Nc2cccc(N(C)C)c2)c1. The molecule has 1 aliphatic rings. The van der Waals surface area contributed by atoms with E-state index >= 15 is 0 Å². The molecule has 0 radical (unpaired) electrons. The van der Waals surface area contributed by atoms with E-state index < -0.39 is 6.03 Å². The lowest BCUT2D eigenvalue weighted by atomic mass is 9.88. The number of carbonyl (C=O) groups is 3. The van der Waals surface area contributed by atoms with Crippen LogP contribution in [0.2, 0.25) is 0 Å². The molecule has 3 aromatic carbocycles. The van der Waals surface area contributed by atoms with Gasteiger partial charge in [0.2, 0.25) is 11.8 Å². The molecular formula is C35H45N5O3. The number of nitrogens with one attached hydrogen (secondary N) is 2. The molecule has 0 bridgehead atoms. The minimum atomic E-state index is -0.444. The summed E-state index contributed by atoms with van der Waals surface area (Å²) in [6.07, 6.45) is 5.81. The highest BCUT2D eigenvalue weighted by atomic mass is 16.2. The van der Waals surface area contributed by atoms with E-state index in [1.165, 1.54) is 6.42 Å². The Hall–Kier alpha value is -4.33. The zero-order valence-corrected chi connectivity index (χ0v) is 26.2. The predicted octanol–water partition coefficient (Wildman–Crippen LogP) is 6.31. The minimum Gasteiger partial charge on any atom is -0.378 e. The van der Waals surface area contributed by atoms with Gasteiger partial charge in [0.15, 0.2) is 0 Å². The van der Waals surface area contributed by atoms with Crippen LogP contribution in [0, 0.1) is 19.8 Å². The number of hydrogen-bond acceptors (Lipinski definition) is 4. The molecule has 228 valence electrons. The highest BCUT2D eigenvalue weighted by molar-refractivity contribution is 6.00. The third kappa shape index (κ3) is 8.83. The quantitative estimate of drug-likeness (QED) is 0.293. The van der Waals surface area contributed by atoms with Gasteiger partial charge in [-0.25, -0.2) is 4.79 Å². The molecule has 1 saturated carbocycles. The number of nitrogens with zero attached hydrogens (tertiary/aromatic N) is 3. The molecule has 1 aliphatic carbocycles. The average Bonchev–Trinajstić information content (AvgIpc) is 2.99. The number of aryl methyl sites for hydroxylation is 2. The number of amides is 4. The Morgan fingerprint density at radius 1 is 0.791 bits per heavy atom. The topological polar surface area (TPSA) is 85.0 Å². The summed E-state index contributed by atoms with van der Waals surface area (Å²) in [6, 6.07) is 20.8. The van der Waals surface area contributed by atoms with Gasteiger partial charge in [0.05, 0.1) is 13.0 Å². The van der Waals surface area contributed by atoms with Crippen molar-refractivity contribution in [3.8, 4) is 0 Å². The first-order valence-electron chi connectivity index (χ1n) is 15.2. The standard InChI is InChI=1S/C35H45N5O3/c1-25-18-26(2)20-31(19-25)39(5)33(41)21-28-14-9-10-17-32(28)40(24-27-12-7-6-8-13-27)34(42)23-36-35(43)37-29-15-11-16-30(22-29)38(3)4/h9-11,14-20,22,27H,6-8,12-13,21,23-24H2,1-5H3,(H2,36,37,43). The monoisotopic (exact) mass is 583 g/mol. The second kappa shape index (κ2) is 14.7. The third-order valence-corrected chi connectivity index (χ3v) is 8.08. The Morgan fingerprint density at radius 3 is 2.19 bits per heavy atom. The van der Waals surface area contributed by atoms with Gasteiger partial charge in [0, 0.05) is 50.4 Å². The first-order valence-corrected chi connectivity index (χ1v) is 15.2. The van der Waals surface area contributed by atoms with E-state index in [4.69, 9.17) is 0 Å². The van der Waals surface area contributed by atoms with Gasteiger partial charge in [-0.2, -0.15) is 0 Å². The number of para-hydroxylation sites is 1. The Morgan fingerprint density at radius 2 is 1.49 bits per heavy atom.